The molecular weight excluding hydrogens is 254 g/mol. The van der Waals surface area contributed by atoms with E-state index >= 15 is 0 Å². The smallest absolute Gasteiger partial charge is 0.246 e. The molecule has 0 unspecified atom stereocenters. The number of likely N-dealkylation sites (tertiary alicyclic amines) is 1. The first-order valence-corrected chi connectivity index (χ1v) is 7.13. The summed E-state index contributed by atoms with van der Waals surface area (Å²) in [6.45, 7) is 1.54. The molecular formula is C16H19NO3. The highest BCUT2D eigenvalue weighted by atomic mass is 16.5. The topological polar surface area (TPSA) is 49.8 Å². The quantitative estimate of drug-likeness (QED) is 0.851. The van der Waals surface area contributed by atoms with E-state index in [9.17, 15) is 9.90 Å². The maximum absolute atomic E-state index is 12.1. The van der Waals surface area contributed by atoms with Crippen LogP contribution in [-0.2, 0) is 11.2 Å². The molecule has 1 atom stereocenters. The number of rotatable bonds is 3. The lowest BCUT2D eigenvalue weighted by molar-refractivity contribution is -0.127. The number of nitrogens with zero attached hydrogens (tertiary/aromatic N) is 1. The number of fused-ring (bicyclic) bond motifs is 1. The number of hydrogen-bond donors (Lipinski definition) is 1. The number of amides is 1. The fraction of sp³-hybridized carbons (Fsp3) is 0.438. The zero-order chi connectivity index (χ0) is 13.9. The molecule has 3 rings (SSSR count). The lowest BCUT2D eigenvalue weighted by Crippen LogP contribution is -2.36. The summed E-state index contributed by atoms with van der Waals surface area (Å²) in [5.74, 6) is 0.937. The third kappa shape index (κ3) is 2.56. The van der Waals surface area contributed by atoms with Gasteiger partial charge in [-0.25, -0.2) is 0 Å². The van der Waals surface area contributed by atoms with E-state index in [4.69, 9.17) is 4.74 Å². The van der Waals surface area contributed by atoms with Crippen LogP contribution in [0.4, 0.5) is 0 Å². The van der Waals surface area contributed by atoms with Crippen molar-refractivity contribution in [3.05, 3.63) is 35.4 Å². The molecule has 0 aliphatic carbocycles. The molecule has 1 amide bonds. The van der Waals surface area contributed by atoms with Crippen molar-refractivity contribution >= 4 is 12.0 Å². The van der Waals surface area contributed by atoms with Crippen LogP contribution < -0.4 is 4.74 Å². The van der Waals surface area contributed by atoms with Crippen molar-refractivity contribution < 1.29 is 14.6 Å². The van der Waals surface area contributed by atoms with Gasteiger partial charge in [-0.15, -0.1) is 0 Å². The number of benzene rings is 1. The standard InChI is InChI=1S/C16H19NO3/c18-11-14-2-1-8-17(14)16(19)6-4-12-3-5-15-13(10-12)7-9-20-15/h3-6,10,14,18H,1-2,7-9,11H2/b6-4+/t14-/m1/s1. The van der Waals surface area contributed by atoms with Crippen LogP contribution in [0.5, 0.6) is 5.75 Å². The lowest BCUT2D eigenvalue weighted by atomic mass is 10.1. The van der Waals surface area contributed by atoms with Crippen LogP contribution in [-0.4, -0.2) is 41.7 Å². The first kappa shape index (κ1) is 13.2. The van der Waals surface area contributed by atoms with E-state index in [1.165, 1.54) is 5.56 Å². The number of hydrogen-bond acceptors (Lipinski definition) is 3. The van der Waals surface area contributed by atoms with Gasteiger partial charge in [-0.1, -0.05) is 6.07 Å². The van der Waals surface area contributed by atoms with Gasteiger partial charge in [-0.05, 0) is 42.2 Å². The van der Waals surface area contributed by atoms with Crippen LogP contribution in [0.25, 0.3) is 6.08 Å². The Kier molecular flexibility index (Phi) is 3.74. The van der Waals surface area contributed by atoms with E-state index in [-0.39, 0.29) is 18.6 Å². The van der Waals surface area contributed by atoms with Crippen molar-refractivity contribution in [3.63, 3.8) is 0 Å². The molecule has 0 bridgehead atoms. The Morgan fingerprint density at radius 1 is 1.50 bits per heavy atom. The van der Waals surface area contributed by atoms with Gasteiger partial charge < -0.3 is 14.7 Å². The normalized spacial score (nSPS) is 21.2. The van der Waals surface area contributed by atoms with Crippen LogP contribution in [0.2, 0.25) is 0 Å². The number of aliphatic hydroxyl groups is 1. The SMILES string of the molecule is O=C(/C=C/c1ccc2c(c1)CCO2)N1CCC[C@@H]1CO. The third-order valence-corrected chi connectivity index (χ3v) is 4.00. The molecule has 20 heavy (non-hydrogen) atoms. The van der Waals surface area contributed by atoms with E-state index in [0.29, 0.717) is 0 Å². The summed E-state index contributed by atoms with van der Waals surface area (Å²) in [6, 6.07) is 5.97. The van der Waals surface area contributed by atoms with Gasteiger partial charge in [0.2, 0.25) is 5.91 Å². The molecule has 0 spiro atoms. The summed E-state index contributed by atoms with van der Waals surface area (Å²) in [5, 5.41) is 9.24. The van der Waals surface area contributed by atoms with Gasteiger partial charge in [0, 0.05) is 19.0 Å². The second-order valence-corrected chi connectivity index (χ2v) is 5.31. The maximum Gasteiger partial charge on any atom is 0.246 e. The van der Waals surface area contributed by atoms with Crippen LogP contribution in [0, 0.1) is 0 Å². The largest absolute Gasteiger partial charge is 0.493 e. The van der Waals surface area contributed by atoms with Gasteiger partial charge in [0.15, 0.2) is 0 Å². The molecule has 0 saturated carbocycles. The van der Waals surface area contributed by atoms with Gasteiger partial charge in [0.25, 0.3) is 0 Å². The lowest BCUT2D eigenvalue weighted by Gasteiger charge is -2.21. The molecule has 1 aromatic rings. The van der Waals surface area contributed by atoms with Crippen molar-refractivity contribution in [1.29, 1.82) is 0 Å². The zero-order valence-electron chi connectivity index (χ0n) is 11.4. The highest BCUT2D eigenvalue weighted by Gasteiger charge is 2.26. The predicted molar refractivity (Wildman–Crippen MR) is 76.5 cm³/mol. The third-order valence-electron chi connectivity index (χ3n) is 4.00. The predicted octanol–water partition coefficient (Wildman–Crippen LogP) is 1.62. The van der Waals surface area contributed by atoms with E-state index in [0.717, 1.165) is 43.7 Å². The molecule has 1 aromatic carbocycles. The van der Waals surface area contributed by atoms with Crippen molar-refractivity contribution in [1.82, 2.24) is 4.90 Å². The first-order valence-electron chi connectivity index (χ1n) is 7.13. The number of ether oxygens (including phenoxy) is 1. The molecule has 4 heteroatoms. The van der Waals surface area contributed by atoms with E-state index < -0.39 is 0 Å². The van der Waals surface area contributed by atoms with Crippen molar-refractivity contribution in [2.24, 2.45) is 0 Å². The maximum atomic E-state index is 12.1. The Bertz CT molecular complexity index is 539. The molecule has 1 saturated heterocycles. The highest BCUT2D eigenvalue weighted by Crippen LogP contribution is 2.26. The van der Waals surface area contributed by atoms with Crippen molar-refractivity contribution in [2.45, 2.75) is 25.3 Å². The van der Waals surface area contributed by atoms with Crippen LogP contribution in [0.15, 0.2) is 24.3 Å². The van der Waals surface area contributed by atoms with E-state index in [1.54, 1.807) is 11.0 Å². The second-order valence-electron chi connectivity index (χ2n) is 5.31. The Hall–Kier alpha value is -1.81. The Morgan fingerprint density at radius 2 is 2.40 bits per heavy atom. The summed E-state index contributed by atoms with van der Waals surface area (Å²) < 4.78 is 5.46. The monoisotopic (exact) mass is 273 g/mol. The number of aliphatic hydroxyl groups excluding tert-OH is 1. The fourth-order valence-corrected chi connectivity index (χ4v) is 2.89. The van der Waals surface area contributed by atoms with Gasteiger partial charge in [0.1, 0.15) is 5.75 Å². The first-order chi connectivity index (χ1) is 9.78. The van der Waals surface area contributed by atoms with Gasteiger partial charge >= 0.3 is 0 Å². The average molecular weight is 273 g/mol. The molecule has 0 radical (unpaired) electrons. The molecule has 1 N–H and O–H groups in total. The molecule has 1 fully saturated rings. The summed E-state index contributed by atoms with van der Waals surface area (Å²) in [6.07, 6.45) is 6.25. The summed E-state index contributed by atoms with van der Waals surface area (Å²) in [7, 11) is 0. The Morgan fingerprint density at radius 3 is 3.25 bits per heavy atom. The summed E-state index contributed by atoms with van der Waals surface area (Å²) in [4.78, 5) is 13.9. The molecule has 0 aromatic heterocycles. The van der Waals surface area contributed by atoms with Crippen LogP contribution >= 0.6 is 0 Å². The number of carbonyl (C=O) groups is 1. The summed E-state index contributed by atoms with van der Waals surface area (Å²) >= 11 is 0. The molecule has 4 nitrogen and oxygen atoms in total. The molecule has 106 valence electrons. The van der Waals surface area contributed by atoms with E-state index in [2.05, 4.69) is 6.07 Å². The molecule has 2 heterocycles. The van der Waals surface area contributed by atoms with Crippen molar-refractivity contribution in [2.75, 3.05) is 19.8 Å². The Balaban J connectivity index is 1.69. The molecule has 2 aliphatic heterocycles. The zero-order valence-corrected chi connectivity index (χ0v) is 11.4. The minimum Gasteiger partial charge on any atom is -0.493 e. The molecule has 2 aliphatic rings. The van der Waals surface area contributed by atoms with Gasteiger partial charge in [-0.3, -0.25) is 4.79 Å². The van der Waals surface area contributed by atoms with Crippen molar-refractivity contribution in [3.8, 4) is 5.75 Å². The fourth-order valence-electron chi connectivity index (χ4n) is 2.89. The van der Waals surface area contributed by atoms with Crippen LogP contribution in [0.3, 0.4) is 0 Å². The average Bonchev–Trinajstić information content (AvgIpc) is 3.12. The summed E-state index contributed by atoms with van der Waals surface area (Å²) in [5.41, 5.74) is 2.22. The Labute approximate surface area is 118 Å². The highest BCUT2D eigenvalue weighted by molar-refractivity contribution is 5.92. The minimum absolute atomic E-state index is 0.0134. The van der Waals surface area contributed by atoms with Gasteiger partial charge in [-0.2, -0.15) is 0 Å². The number of carbonyl (C=O) groups excluding carboxylic acids is 1. The minimum atomic E-state index is -0.0155. The van der Waals surface area contributed by atoms with Crippen LogP contribution in [0.1, 0.15) is 24.0 Å². The second kappa shape index (κ2) is 5.67. The van der Waals surface area contributed by atoms with Gasteiger partial charge in [0.05, 0.1) is 19.3 Å². The van der Waals surface area contributed by atoms with E-state index in [1.807, 2.05) is 18.2 Å².